The topological polar surface area (TPSA) is 98.2 Å². The number of ketones is 1. The molecule has 2 aromatic heterocycles. The number of carbonyl (C=O) groups is 2. The average Bonchev–Trinajstić information content (AvgIpc) is 2.97. The predicted molar refractivity (Wildman–Crippen MR) is 152 cm³/mol. The van der Waals surface area contributed by atoms with Crippen molar-refractivity contribution in [3.63, 3.8) is 0 Å². The van der Waals surface area contributed by atoms with E-state index in [4.69, 9.17) is 0 Å². The molecule has 0 spiro atoms. The molecule has 4 rings (SSSR count). The van der Waals surface area contributed by atoms with Crippen LogP contribution >= 0.6 is 23.5 Å². The SMILES string of the molecule is CON(C)C(=O)c1ccc(F)cc1.CSc1nccc(C)n1.CSc1nccc(CC(=O)c2ccc(F)cc2)n1. The number of aromatic nitrogens is 4. The summed E-state index contributed by atoms with van der Waals surface area (Å²) in [5, 5.41) is 2.56. The Kier molecular flexibility index (Phi) is 13.8. The first-order valence-corrected chi connectivity index (χ1v) is 14.2. The molecule has 0 fully saturated rings. The van der Waals surface area contributed by atoms with Gasteiger partial charge in [-0.1, -0.05) is 23.5 Å². The van der Waals surface area contributed by atoms with Crippen LogP contribution in [0.3, 0.4) is 0 Å². The Morgan fingerprint density at radius 3 is 1.77 bits per heavy atom. The molecule has 2 heterocycles. The fourth-order valence-corrected chi connectivity index (χ4v) is 3.63. The first kappa shape index (κ1) is 32.5. The van der Waals surface area contributed by atoms with Gasteiger partial charge in [-0.05, 0) is 80.1 Å². The Hall–Kier alpha value is -3.74. The Labute approximate surface area is 240 Å². The molecule has 0 unspecified atom stereocenters. The van der Waals surface area contributed by atoms with Crippen LogP contribution in [-0.2, 0) is 11.3 Å². The average molecular weight is 586 g/mol. The van der Waals surface area contributed by atoms with Crippen molar-refractivity contribution in [1.29, 1.82) is 0 Å². The van der Waals surface area contributed by atoms with Gasteiger partial charge in [0.1, 0.15) is 11.6 Å². The summed E-state index contributed by atoms with van der Waals surface area (Å²) in [5.74, 6) is -1.10. The van der Waals surface area contributed by atoms with Crippen LogP contribution in [0.25, 0.3) is 0 Å². The maximum Gasteiger partial charge on any atom is 0.277 e. The molecule has 0 aliphatic heterocycles. The van der Waals surface area contributed by atoms with E-state index in [1.165, 1.54) is 74.5 Å². The number of nitrogens with zero attached hydrogens (tertiary/aromatic N) is 5. The summed E-state index contributed by atoms with van der Waals surface area (Å²) in [6, 6.07) is 14.4. The van der Waals surface area contributed by atoms with Crippen LogP contribution in [0.4, 0.5) is 8.78 Å². The zero-order valence-electron chi connectivity index (χ0n) is 22.7. The largest absolute Gasteiger partial charge is 0.294 e. The lowest BCUT2D eigenvalue weighted by molar-refractivity contribution is -0.0757. The summed E-state index contributed by atoms with van der Waals surface area (Å²) in [7, 11) is 2.88. The number of aryl methyl sites for hydroxylation is 1. The van der Waals surface area contributed by atoms with Crippen molar-refractivity contribution < 1.29 is 23.2 Å². The molecule has 0 bridgehead atoms. The summed E-state index contributed by atoms with van der Waals surface area (Å²) in [4.78, 5) is 44.4. The highest BCUT2D eigenvalue weighted by atomic mass is 32.2. The molecule has 0 N–H and O–H groups in total. The third-order valence-electron chi connectivity index (χ3n) is 4.99. The molecule has 0 atom stereocenters. The van der Waals surface area contributed by atoms with Gasteiger partial charge in [0.25, 0.3) is 5.91 Å². The molecule has 210 valence electrons. The van der Waals surface area contributed by atoms with Crippen LogP contribution in [0, 0.1) is 18.6 Å². The van der Waals surface area contributed by atoms with E-state index in [0.717, 1.165) is 15.9 Å². The molecule has 0 saturated heterocycles. The number of halogens is 2. The van der Waals surface area contributed by atoms with Gasteiger partial charge in [0.2, 0.25) is 0 Å². The quantitative estimate of drug-likeness (QED) is 0.117. The molecule has 2 aromatic carbocycles. The lowest BCUT2D eigenvalue weighted by Gasteiger charge is -2.12. The van der Waals surface area contributed by atoms with Gasteiger partial charge in [-0.2, -0.15) is 0 Å². The molecule has 8 nitrogen and oxygen atoms in total. The van der Waals surface area contributed by atoms with Gasteiger partial charge in [0.15, 0.2) is 16.1 Å². The van der Waals surface area contributed by atoms with E-state index in [2.05, 4.69) is 24.8 Å². The van der Waals surface area contributed by atoms with Gasteiger partial charge in [0.05, 0.1) is 19.2 Å². The van der Waals surface area contributed by atoms with Gasteiger partial charge < -0.3 is 0 Å². The molecular weight excluding hydrogens is 556 g/mol. The second-order valence-electron chi connectivity index (χ2n) is 7.82. The van der Waals surface area contributed by atoms with Gasteiger partial charge in [-0.15, -0.1) is 0 Å². The Morgan fingerprint density at radius 1 is 0.800 bits per heavy atom. The summed E-state index contributed by atoms with van der Waals surface area (Å²) >= 11 is 2.99. The van der Waals surface area contributed by atoms with Crippen molar-refractivity contribution >= 4 is 35.2 Å². The van der Waals surface area contributed by atoms with Gasteiger partial charge in [-0.3, -0.25) is 14.4 Å². The number of thioether (sulfide) groups is 2. The highest BCUT2D eigenvalue weighted by molar-refractivity contribution is 7.98. The van der Waals surface area contributed by atoms with E-state index in [9.17, 15) is 18.4 Å². The Balaban J connectivity index is 0.000000224. The highest BCUT2D eigenvalue weighted by Crippen LogP contribution is 2.11. The fourth-order valence-electron chi connectivity index (χ4n) is 2.86. The molecule has 0 radical (unpaired) electrons. The lowest BCUT2D eigenvalue weighted by atomic mass is 10.1. The maximum absolute atomic E-state index is 12.7. The lowest BCUT2D eigenvalue weighted by Crippen LogP contribution is -2.25. The Bertz CT molecular complexity index is 1380. The zero-order valence-corrected chi connectivity index (χ0v) is 24.3. The number of hydroxylamine groups is 2. The van der Waals surface area contributed by atoms with E-state index in [-0.39, 0.29) is 29.7 Å². The first-order chi connectivity index (χ1) is 19.2. The fraction of sp³-hybridized carbons (Fsp3) is 0.214. The summed E-state index contributed by atoms with van der Waals surface area (Å²) in [6.45, 7) is 1.96. The number of hydrogen-bond acceptors (Lipinski definition) is 9. The zero-order chi connectivity index (χ0) is 29.5. The second kappa shape index (κ2) is 17.1. The molecule has 0 aliphatic rings. The van der Waals surface area contributed by atoms with Crippen LogP contribution in [-0.4, -0.2) is 63.4 Å². The number of rotatable bonds is 7. The third kappa shape index (κ3) is 11.2. The van der Waals surface area contributed by atoms with Crippen LogP contribution in [0.15, 0.2) is 83.4 Å². The minimum Gasteiger partial charge on any atom is -0.294 e. The number of benzene rings is 2. The van der Waals surface area contributed by atoms with Crippen molar-refractivity contribution in [1.82, 2.24) is 25.0 Å². The monoisotopic (exact) mass is 585 g/mol. The van der Waals surface area contributed by atoms with E-state index in [1.807, 2.05) is 25.5 Å². The minimum atomic E-state index is -0.364. The summed E-state index contributed by atoms with van der Waals surface area (Å²) in [5.41, 5.74) is 2.57. The first-order valence-electron chi connectivity index (χ1n) is 11.7. The van der Waals surface area contributed by atoms with E-state index < -0.39 is 0 Å². The van der Waals surface area contributed by atoms with Crippen molar-refractivity contribution in [2.24, 2.45) is 0 Å². The van der Waals surface area contributed by atoms with Crippen LogP contribution in [0.5, 0.6) is 0 Å². The highest BCUT2D eigenvalue weighted by Gasteiger charge is 2.10. The van der Waals surface area contributed by atoms with Gasteiger partial charge in [-0.25, -0.2) is 33.8 Å². The van der Waals surface area contributed by atoms with Crippen LogP contribution < -0.4 is 0 Å². The van der Waals surface area contributed by atoms with Crippen molar-refractivity contribution in [2.45, 2.75) is 23.7 Å². The third-order valence-corrected chi connectivity index (χ3v) is 6.11. The van der Waals surface area contributed by atoms with Crippen molar-refractivity contribution in [2.75, 3.05) is 26.7 Å². The molecule has 0 aliphatic carbocycles. The summed E-state index contributed by atoms with van der Waals surface area (Å²) in [6.07, 6.45) is 7.44. The standard InChI is InChI=1S/C13H11FN2OS.C9H10FNO2.C6H8N2S/c1-18-13-15-7-6-11(16-13)8-12(17)9-2-4-10(14)5-3-9;1-11(13-2)9(12)7-3-5-8(10)6-4-7;1-5-3-4-7-6(8-5)9-2/h2-7H,8H2,1H3;3-6H,1-2H3;3-4H,1-2H3. The minimum absolute atomic E-state index is 0.0826. The molecule has 12 heteroatoms. The van der Waals surface area contributed by atoms with Crippen LogP contribution in [0.2, 0.25) is 0 Å². The number of carbonyl (C=O) groups excluding carboxylic acids is 2. The summed E-state index contributed by atoms with van der Waals surface area (Å²) < 4.78 is 25.2. The number of hydrogen-bond donors (Lipinski definition) is 0. The van der Waals surface area contributed by atoms with E-state index in [1.54, 1.807) is 30.2 Å². The molecular formula is C28H29F2N5O3S2. The van der Waals surface area contributed by atoms with Gasteiger partial charge in [0, 0.05) is 36.3 Å². The van der Waals surface area contributed by atoms with E-state index in [0.29, 0.717) is 22.0 Å². The maximum atomic E-state index is 12.7. The van der Waals surface area contributed by atoms with Crippen molar-refractivity contribution in [3.8, 4) is 0 Å². The number of amides is 1. The molecule has 0 saturated carbocycles. The Morgan fingerprint density at radius 2 is 1.30 bits per heavy atom. The van der Waals surface area contributed by atoms with E-state index >= 15 is 0 Å². The molecule has 40 heavy (non-hydrogen) atoms. The molecule has 1 amide bonds. The smallest absolute Gasteiger partial charge is 0.277 e. The number of Topliss-reactive ketones (excluding diaryl/α,β-unsaturated/α-hetero) is 1. The van der Waals surface area contributed by atoms with Crippen molar-refractivity contribution in [3.05, 3.63) is 107 Å². The normalized spacial score (nSPS) is 9.97. The van der Waals surface area contributed by atoms with Crippen LogP contribution in [0.1, 0.15) is 32.1 Å². The van der Waals surface area contributed by atoms with Gasteiger partial charge >= 0.3 is 0 Å². The second-order valence-corrected chi connectivity index (χ2v) is 9.37. The predicted octanol–water partition coefficient (Wildman–Crippen LogP) is 5.73. The molecule has 4 aromatic rings.